The first-order chi connectivity index (χ1) is 20.2. The molecule has 2 amide bonds. The summed E-state index contributed by atoms with van der Waals surface area (Å²) in [6, 6.07) is 6.10. The predicted molar refractivity (Wildman–Crippen MR) is 157 cm³/mol. The van der Waals surface area contributed by atoms with E-state index in [2.05, 4.69) is 15.4 Å². The molecule has 0 unspecified atom stereocenters. The van der Waals surface area contributed by atoms with Crippen LogP contribution in [0, 0.1) is 11.2 Å². The van der Waals surface area contributed by atoms with Crippen LogP contribution in [0.4, 0.5) is 10.2 Å². The SMILES string of the molecule is C[C@H]1CN(CCCCCCC(=O)N2C[C@H](N)C3(CC3)C2)C(=O)c2cnn3ccc(nc23)N[C@H](C)c2cc(F)ccc2O1. The average molecular weight is 578 g/mol. The number of benzene rings is 1. The van der Waals surface area contributed by atoms with E-state index in [1.54, 1.807) is 33.9 Å². The lowest BCUT2D eigenvalue weighted by atomic mass is 10.0. The third-order valence-electron chi connectivity index (χ3n) is 9.02. The zero-order valence-corrected chi connectivity index (χ0v) is 24.4. The number of carbonyl (C=O) groups excluding carboxylic acids is 2. The zero-order valence-electron chi connectivity index (χ0n) is 24.4. The van der Waals surface area contributed by atoms with E-state index in [-0.39, 0.29) is 41.2 Å². The van der Waals surface area contributed by atoms with Crippen LogP contribution in [0.15, 0.2) is 36.7 Å². The summed E-state index contributed by atoms with van der Waals surface area (Å²) < 4.78 is 22.1. The summed E-state index contributed by atoms with van der Waals surface area (Å²) in [5, 5.41) is 7.66. The van der Waals surface area contributed by atoms with Gasteiger partial charge < -0.3 is 25.6 Å². The number of nitrogens with two attached hydrogens (primary N) is 1. The van der Waals surface area contributed by atoms with Gasteiger partial charge in [-0.05, 0) is 63.8 Å². The molecule has 1 aromatic carbocycles. The average Bonchev–Trinajstić information content (AvgIpc) is 3.51. The lowest BCUT2D eigenvalue weighted by Gasteiger charge is -2.27. The molecule has 2 aromatic heterocycles. The molecule has 3 aromatic rings. The second-order valence-corrected chi connectivity index (χ2v) is 12.3. The number of nitrogens with one attached hydrogen (secondary N) is 1. The van der Waals surface area contributed by atoms with Crippen LogP contribution in [0.1, 0.15) is 80.8 Å². The molecule has 3 atom stereocenters. The number of hydrogen-bond acceptors (Lipinski definition) is 7. The van der Waals surface area contributed by atoms with E-state index >= 15 is 0 Å². The summed E-state index contributed by atoms with van der Waals surface area (Å²) >= 11 is 0. The Bertz CT molecular complexity index is 1470. The minimum Gasteiger partial charge on any atom is -0.489 e. The first-order valence-electron chi connectivity index (χ1n) is 15.1. The quantitative estimate of drug-likeness (QED) is 0.405. The molecule has 4 heterocycles. The molecule has 1 saturated heterocycles. The molecule has 6 rings (SSSR count). The van der Waals surface area contributed by atoms with Gasteiger partial charge in [-0.2, -0.15) is 5.10 Å². The van der Waals surface area contributed by atoms with Crippen molar-refractivity contribution in [3.8, 4) is 5.75 Å². The second kappa shape index (κ2) is 11.5. The monoisotopic (exact) mass is 577 g/mol. The molecule has 1 spiro atoms. The van der Waals surface area contributed by atoms with Crippen LogP contribution in [-0.4, -0.2) is 74.5 Å². The van der Waals surface area contributed by atoms with E-state index in [4.69, 9.17) is 10.5 Å². The predicted octanol–water partition coefficient (Wildman–Crippen LogP) is 4.16. The van der Waals surface area contributed by atoms with Gasteiger partial charge in [0.05, 0.1) is 18.8 Å². The number of anilines is 1. The van der Waals surface area contributed by atoms with Gasteiger partial charge in [0.2, 0.25) is 5.91 Å². The standard InChI is InChI=1S/C31H40FN7O3/c1-20-17-37(13-6-4-3-5-7-28(40)38-18-26(33)31(19-38)11-12-31)30(41)24-16-34-39-14-10-27(36-29(24)39)35-21(2)23-15-22(32)8-9-25(23)42-20/h8-10,14-16,20-21,26H,3-7,11-13,17-19,33H2,1-2H3,(H,35,36)/t20-,21+,26-/m0/s1. The van der Waals surface area contributed by atoms with Crippen LogP contribution in [-0.2, 0) is 4.79 Å². The number of hydrogen-bond donors (Lipinski definition) is 2. The summed E-state index contributed by atoms with van der Waals surface area (Å²) in [6.07, 6.45) is 9.23. The smallest absolute Gasteiger partial charge is 0.259 e. The van der Waals surface area contributed by atoms with E-state index in [9.17, 15) is 14.0 Å². The normalized spacial score (nSPS) is 23.2. The molecule has 0 radical (unpaired) electrons. The maximum absolute atomic E-state index is 14.2. The molecule has 3 aliphatic rings. The number of ether oxygens (including phenoxy) is 1. The van der Waals surface area contributed by atoms with Crippen LogP contribution in [0.3, 0.4) is 0 Å². The van der Waals surface area contributed by atoms with Gasteiger partial charge in [0.1, 0.15) is 29.1 Å². The maximum Gasteiger partial charge on any atom is 0.259 e. The van der Waals surface area contributed by atoms with E-state index in [0.29, 0.717) is 54.4 Å². The number of amides is 2. The first kappa shape index (κ1) is 28.4. The van der Waals surface area contributed by atoms with Crippen LogP contribution in [0.5, 0.6) is 5.75 Å². The molecule has 224 valence electrons. The Morgan fingerprint density at radius 3 is 2.76 bits per heavy atom. The molecule has 2 aliphatic heterocycles. The summed E-state index contributed by atoms with van der Waals surface area (Å²) in [6.45, 7) is 6.22. The van der Waals surface area contributed by atoms with E-state index in [1.165, 1.54) is 12.1 Å². The topological polar surface area (TPSA) is 118 Å². The first-order valence-corrected chi connectivity index (χ1v) is 15.1. The zero-order chi connectivity index (χ0) is 29.4. The number of halogens is 1. The summed E-state index contributed by atoms with van der Waals surface area (Å²) in [5.74, 6) is 0.815. The molecule has 42 heavy (non-hydrogen) atoms. The molecule has 1 saturated carbocycles. The van der Waals surface area contributed by atoms with E-state index < -0.39 is 0 Å². The third-order valence-corrected chi connectivity index (χ3v) is 9.02. The fourth-order valence-electron chi connectivity index (χ4n) is 6.34. The number of rotatable bonds is 7. The number of likely N-dealkylation sites (tertiary alicyclic amines) is 1. The third kappa shape index (κ3) is 5.79. The minimum atomic E-state index is -0.348. The van der Waals surface area contributed by atoms with Crippen LogP contribution in [0.2, 0.25) is 0 Å². The Hall–Kier alpha value is -3.73. The highest BCUT2D eigenvalue weighted by molar-refractivity contribution is 5.99. The molecule has 2 bridgehead atoms. The van der Waals surface area contributed by atoms with Gasteiger partial charge in [-0.1, -0.05) is 12.8 Å². The Balaban J connectivity index is 1.12. The van der Waals surface area contributed by atoms with Gasteiger partial charge >= 0.3 is 0 Å². The van der Waals surface area contributed by atoms with Crippen molar-refractivity contribution in [1.29, 1.82) is 0 Å². The van der Waals surface area contributed by atoms with Gasteiger partial charge in [0.25, 0.3) is 5.91 Å². The highest BCUT2D eigenvalue weighted by Gasteiger charge is 2.54. The van der Waals surface area contributed by atoms with Gasteiger partial charge in [-0.3, -0.25) is 9.59 Å². The van der Waals surface area contributed by atoms with Gasteiger partial charge in [-0.15, -0.1) is 0 Å². The lowest BCUT2D eigenvalue weighted by molar-refractivity contribution is -0.130. The number of aromatic nitrogens is 3. The number of nitrogens with zero attached hydrogens (tertiary/aromatic N) is 5. The maximum atomic E-state index is 14.2. The molecular formula is C31H40FN7O3. The molecule has 2 fully saturated rings. The molecule has 11 heteroatoms. The van der Waals surface area contributed by atoms with E-state index in [0.717, 1.165) is 45.1 Å². The van der Waals surface area contributed by atoms with Gasteiger partial charge in [0, 0.05) is 49.3 Å². The van der Waals surface area contributed by atoms with Gasteiger partial charge in [-0.25, -0.2) is 13.9 Å². The summed E-state index contributed by atoms with van der Waals surface area (Å²) in [4.78, 5) is 34.9. The van der Waals surface area contributed by atoms with Crippen molar-refractivity contribution in [3.05, 3.63) is 53.6 Å². The summed E-state index contributed by atoms with van der Waals surface area (Å²) in [5.41, 5.74) is 8.02. The largest absolute Gasteiger partial charge is 0.489 e. The van der Waals surface area contributed by atoms with Crippen molar-refractivity contribution >= 4 is 23.3 Å². The van der Waals surface area contributed by atoms with Crippen LogP contribution in [0.25, 0.3) is 5.65 Å². The molecule has 10 nitrogen and oxygen atoms in total. The lowest BCUT2D eigenvalue weighted by Crippen LogP contribution is -2.39. The van der Waals surface area contributed by atoms with Crippen molar-refractivity contribution in [1.82, 2.24) is 24.4 Å². The number of unbranched alkanes of at least 4 members (excludes halogenated alkanes) is 3. The van der Waals surface area contributed by atoms with Crippen molar-refractivity contribution < 1.29 is 18.7 Å². The number of carbonyl (C=O) groups is 2. The minimum absolute atomic E-state index is 0.124. The summed E-state index contributed by atoms with van der Waals surface area (Å²) in [7, 11) is 0. The van der Waals surface area contributed by atoms with Gasteiger partial charge in [0.15, 0.2) is 5.65 Å². The Kier molecular flexibility index (Phi) is 7.78. The highest BCUT2D eigenvalue weighted by Crippen LogP contribution is 2.52. The fourth-order valence-corrected chi connectivity index (χ4v) is 6.34. The molecule has 1 aliphatic carbocycles. The molecular weight excluding hydrogens is 537 g/mol. The molecule has 3 N–H and O–H groups in total. The Labute approximate surface area is 245 Å². The van der Waals surface area contributed by atoms with Crippen molar-refractivity contribution in [3.63, 3.8) is 0 Å². The Morgan fingerprint density at radius 1 is 1.17 bits per heavy atom. The highest BCUT2D eigenvalue weighted by atomic mass is 19.1. The Morgan fingerprint density at radius 2 is 1.98 bits per heavy atom. The van der Waals surface area contributed by atoms with Crippen LogP contribution < -0.4 is 15.8 Å². The fraction of sp³-hybridized carbons (Fsp3) is 0.548. The van der Waals surface area contributed by atoms with E-state index in [1.807, 2.05) is 18.7 Å². The van der Waals surface area contributed by atoms with Crippen LogP contribution >= 0.6 is 0 Å². The second-order valence-electron chi connectivity index (χ2n) is 12.3. The number of fused-ring (bicyclic) bond motifs is 2. The van der Waals surface area contributed by atoms with Crippen molar-refractivity contribution in [2.75, 3.05) is 31.5 Å². The van der Waals surface area contributed by atoms with Crippen molar-refractivity contribution in [2.24, 2.45) is 11.1 Å². The van der Waals surface area contributed by atoms with Crippen molar-refractivity contribution in [2.45, 2.75) is 77.0 Å².